The third kappa shape index (κ3) is 3.43. The van der Waals surface area contributed by atoms with Gasteiger partial charge in [-0.2, -0.15) is 0 Å². The average Bonchev–Trinajstić information content (AvgIpc) is 2.55. The lowest BCUT2D eigenvalue weighted by Gasteiger charge is -2.09. The fourth-order valence-electron chi connectivity index (χ4n) is 1.92. The van der Waals surface area contributed by atoms with Crippen LogP contribution in [0.15, 0.2) is 30.5 Å². The molecule has 1 aromatic heterocycles. The number of hydrogen-bond acceptors (Lipinski definition) is 7. The van der Waals surface area contributed by atoms with Crippen LogP contribution >= 0.6 is 0 Å². The molecule has 124 valence electrons. The lowest BCUT2D eigenvalue weighted by atomic mass is 10.1. The summed E-state index contributed by atoms with van der Waals surface area (Å²) in [5.41, 5.74) is -0.860. The van der Waals surface area contributed by atoms with Gasteiger partial charge < -0.3 is 10.1 Å². The van der Waals surface area contributed by atoms with Crippen LogP contribution in [0.2, 0.25) is 0 Å². The number of amides is 1. The predicted octanol–water partition coefficient (Wildman–Crippen LogP) is 2.36. The van der Waals surface area contributed by atoms with Gasteiger partial charge in [0.15, 0.2) is 0 Å². The minimum Gasteiger partial charge on any atom is -0.457 e. The van der Waals surface area contributed by atoms with Crippen LogP contribution in [0.3, 0.4) is 0 Å². The first-order valence-corrected chi connectivity index (χ1v) is 6.63. The number of ether oxygens (including phenoxy) is 1. The summed E-state index contributed by atoms with van der Waals surface area (Å²) >= 11 is 0. The number of aromatic nitrogens is 1. The molecule has 0 aliphatic carbocycles. The number of nitro groups is 2. The van der Waals surface area contributed by atoms with Gasteiger partial charge in [0.25, 0.3) is 5.91 Å². The highest BCUT2D eigenvalue weighted by atomic mass is 16.6. The van der Waals surface area contributed by atoms with E-state index in [1.54, 1.807) is 0 Å². The number of hydrogen-bond donors (Lipinski definition) is 1. The van der Waals surface area contributed by atoms with Gasteiger partial charge in [0.05, 0.1) is 15.9 Å². The van der Waals surface area contributed by atoms with E-state index in [1.165, 1.54) is 32.3 Å². The van der Waals surface area contributed by atoms with E-state index in [0.29, 0.717) is 5.56 Å². The van der Waals surface area contributed by atoms with Crippen LogP contribution in [-0.2, 0) is 0 Å². The van der Waals surface area contributed by atoms with E-state index in [2.05, 4.69) is 10.3 Å². The minimum absolute atomic E-state index is 0.0707. The van der Waals surface area contributed by atoms with E-state index in [1.807, 2.05) is 0 Å². The number of aryl methyl sites for hydroxylation is 1. The zero-order chi connectivity index (χ0) is 17.9. The molecule has 0 bridgehead atoms. The number of carbonyl (C=O) groups excluding carboxylic acids is 1. The molecule has 10 heteroatoms. The zero-order valence-corrected chi connectivity index (χ0v) is 12.7. The molecular weight excluding hydrogens is 320 g/mol. The number of rotatable bonds is 5. The van der Waals surface area contributed by atoms with Gasteiger partial charge in [0, 0.05) is 25.4 Å². The van der Waals surface area contributed by atoms with Crippen LogP contribution in [0, 0.1) is 27.2 Å². The van der Waals surface area contributed by atoms with Gasteiger partial charge in [-0.3, -0.25) is 30.0 Å². The van der Waals surface area contributed by atoms with Crippen molar-refractivity contribution in [2.24, 2.45) is 0 Å². The SMILES string of the molecule is CNC(=O)c1cc(Oc2cc([N+](=O)[O-])c([N+](=O)[O-])cc2C)ccn1. The van der Waals surface area contributed by atoms with Gasteiger partial charge in [-0.15, -0.1) is 0 Å². The lowest BCUT2D eigenvalue weighted by molar-refractivity contribution is -0.422. The van der Waals surface area contributed by atoms with Crippen molar-refractivity contribution in [3.63, 3.8) is 0 Å². The normalized spacial score (nSPS) is 10.1. The Balaban J connectivity index is 2.43. The second-order valence-electron chi connectivity index (χ2n) is 4.68. The largest absolute Gasteiger partial charge is 0.457 e. The Labute approximate surface area is 135 Å². The van der Waals surface area contributed by atoms with Crippen LogP contribution in [0.25, 0.3) is 0 Å². The summed E-state index contributed by atoms with van der Waals surface area (Å²) in [4.78, 5) is 35.7. The number of nitrogens with zero attached hydrogens (tertiary/aromatic N) is 3. The van der Waals surface area contributed by atoms with Gasteiger partial charge in [-0.25, -0.2) is 0 Å². The fourth-order valence-corrected chi connectivity index (χ4v) is 1.92. The quantitative estimate of drug-likeness (QED) is 0.655. The van der Waals surface area contributed by atoms with Crippen molar-refractivity contribution in [2.45, 2.75) is 6.92 Å². The van der Waals surface area contributed by atoms with E-state index in [0.717, 1.165) is 12.1 Å². The first kappa shape index (κ1) is 16.8. The lowest BCUT2D eigenvalue weighted by Crippen LogP contribution is -2.18. The minimum atomic E-state index is -0.854. The number of nitro benzene ring substituents is 2. The highest BCUT2D eigenvalue weighted by molar-refractivity contribution is 5.92. The molecule has 0 radical (unpaired) electrons. The maximum atomic E-state index is 11.6. The van der Waals surface area contributed by atoms with Crippen LogP contribution in [-0.4, -0.2) is 27.8 Å². The molecule has 0 fully saturated rings. The summed E-state index contributed by atoms with van der Waals surface area (Å²) in [5.74, 6) is -0.136. The van der Waals surface area contributed by atoms with Crippen molar-refractivity contribution in [2.75, 3.05) is 7.05 Å². The topological polar surface area (TPSA) is 138 Å². The smallest absolute Gasteiger partial charge is 0.349 e. The van der Waals surface area contributed by atoms with E-state index in [9.17, 15) is 25.0 Å². The number of nitrogens with one attached hydrogen (secondary N) is 1. The second-order valence-corrected chi connectivity index (χ2v) is 4.68. The molecule has 1 heterocycles. The number of pyridine rings is 1. The predicted molar refractivity (Wildman–Crippen MR) is 82.2 cm³/mol. The van der Waals surface area contributed by atoms with E-state index < -0.39 is 27.1 Å². The first-order chi connectivity index (χ1) is 11.3. The Kier molecular flexibility index (Phi) is 4.68. The van der Waals surface area contributed by atoms with E-state index >= 15 is 0 Å². The molecule has 0 aliphatic rings. The molecule has 0 spiro atoms. The zero-order valence-electron chi connectivity index (χ0n) is 12.7. The molecular formula is C14H12N4O6. The van der Waals surface area contributed by atoms with Crippen molar-refractivity contribution >= 4 is 17.3 Å². The third-order valence-electron chi connectivity index (χ3n) is 3.08. The van der Waals surface area contributed by atoms with Gasteiger partial charge >= 0.3 is 11.4 Å². The summed E-state index contributed by atoms with van der Waals surface area (Å²) in [6, 6.07) is 4.85. The van der Waals surface area contributed by atoms with Crippen LogP contribution in [0.1, 0.15) is 16.1 Å². The van der Waals surface area contributed by atoms with Crippen molar-refractivity contribution in [3.8, 4) is 11.5 Å². The molecule has 0 aliphatic heterocycles. The summed E-state index contributed by atoms with van der Waals surface area (Å²) in [5, 5.41) is 24.3. The molecule has 1 aromatic carbocycles. The Morgan fingerprint density at radius 1 is 1.17 bits per heavy atom. The van der Waals surface area contributed by atoms with E-state index in [4.69, 9.17) is 4.74 Å². The summed E-state index contributed by atoms with van der Waals surface area (Å²) in [6.45, 7) is 1.52. The summed E-state index contributed by atoms with van der Waals surface area (Å²) < 4.78 is 5.52. The maximum absolute atomic E-state index is 11.6. The summed E-state index contributed by atoms with van der Waals surface area (Å²) in [6.07, 6.45) is 1.34. The molecule has 0 saturated heterocycles. The Bertz CT molecular complexity index is 836. The summed E-state index contributed by atoms with van der Waals surface area (Å²) in [7, 11) is 1.45. The molecule has 1 N–H and O–H groups in total. The number of carbonyl (C=O) groups is 1. The Morgan fingerprint density at radius 2 is 1.79 bits per heavy atom. The monoisotopic (exact) mass is 332 g/mol. The molecule has 1 amide bonds. The number of benzene rings is 1. The molecule has 2 aromatic rings. The Hall–Kier alpha value is -3.56. The van der Waals surface area contributed by atoms with Crippen molar-refractivity contribution in [3.05, 3.63) is 61.9 Å². The molecule has 10 nitrogen and oxygen atoms in total. The Morgan fingerprint density at radius 3 is 2.38 bits per heavy atom. The van der Waals surface area contributed by atoms with Crippen LogP contribution in [0.4, 0.5) is 11.4 Å². The fraction of sp³-hybridized carbons (Fsp3) is 0.143. The van der Waals surface area contributed by atoms with Crippen LogP contribution < -0.4 is 10.1 Å². The van der Waals surface area contributed by atoms with Gasteiger partial charge in [-0.1, -0.05) is 0 Å². The van der Waals surface area contributed by atoms with Gasteiger partial charge in [0.2, 0.25) is 0 Å². The second kappa shape index (κ2) is 6.69. The standard InChI is InChI=1S/C14H12N4O6/c1-8-5-11(17(20)21)12(18(22)23)7-13(8)24-9-3-4-16-10(6-9)14(19)15-2/h3-7H,1-2H3,(H,15,19). The highest BCUT2D eigenvalue weighted by Gasteiger charge is 2.26. The molecule has 0 atom stereocenters. The molecule has 0 saturated carbocycles. The molecule has 2 rings (SSSR count). The van der Waals surface area contributed by atoms with Gasteiger partial charge in [-0.05, 0) is 18.6 Å². The van der Waals surface area contributed by atoms with Crippen molar-refractivity contribution in [1.82, 2.24) is 10.3 Å². The highest BCUT2D eigenvalue weighted by Crippen LogP contribution is 2.36. The molecule has 24 heavy (non-hydrogen) atoms. The van der Waals surface area contributed by atoms with Crippen molar-refractivity contribution in [1.29, 1.82) is 0 Å². The van der Waals surface area contributed by atoms with Crippen LogP contribution in [0.5, 0.6) is 11.5 Å². The van der Waals surface area contributed by atoms with E-state index in [-0.39, 0.29) is 17.2 Å². The third-order valence-corrected chi connectivity index (χ3v) is 3.08. The first-order valence-electron chi connectivity index (χ1n) is 6.63. The van der Waals surface area contributed by atoms with Gasteiger partial charge in [0.1, 0.15) is 17.2 Å². The molecule has 0 unspecified atom stereocenters. The average molecular weight is 332 g/mol. The van der Waals surface area contributed by atoms with Crippen molar-refractivity contribution < 1.29 is 19.4 Å². The maximum Gasteiger partial charge on any atom is 0.349 e.